The summed E-state index contributed by atoms with van der Waals surface area (Å²) >= 11 is 1.80. The van der Waals surface area contributed by atoms with E-state index in [9.17, 15) is 0 Å². The van der Waals surface area contributed by atoms with Crippen molar-refractivity contribution in [2.24, 2.45) is 5.92 Å². The molecule has 6 heteroatoms. The van der Waals surface area contributed by atoms with Crippen molar-refractivity contribution in [3.63, 3.8) is 0 Å². The first-order chi connectivity index (χ1) is 8.33. The molecule has 0 aliphatic heterocycles. The van der Waals surface area contributed by atoms with Crippen LogP contribution in [-0.2, 0) is 12.8 Å². The van der Waals surface area contributed by atoms with E-state index < -0.39 is 0 Å². The molecule has 0 unspecified atom stereocenters. The molecule has 1 aliphatic carbocycles. The molecular weight excluding hydrogens is 234 g/mol. The van der Waals surface area contributed by atoms with Gasteiger partial charge in [-0.15, -0.1) is 16.4 Å². The number of aryl methyl sites for hydroxylation is 1. The number of tetrazole rings is 1. The van der Waals surface area contributed by atoms with Crippen molar-refractivity contribution >= 4 is 27.2 Å². The predicted octanol–water partition coefficient (Wildman–Crippen LogP) is 1.86. The molecule has 0 amide bonds. The first kappa shape index (κ1) is 9.47. The van der Waals surface area contributed by atoms with Gasteiger partial charge >= 0.3 is 0 Å². The molecule has 3 aromatic heterocycles. The van der Waals surface area contributed by atoms with Gasteiger partial charge in [0, 0.05) is 4.88 Å². The zero-order valence-electron chi connectivity index (χ0n) is 9.42. The van der Waals surface area contributed by atoms with Crippen LogP contribution in [0.3, 0.4) is 0 Å². The third-order valence-corrected chi connectivity index (χ3v) is 4.66. The summed E-state index contributed by atoms with van der Waals surface area (Å²) in [6, 6.07) is 0. The molecule has 0 fully saturated rings. The molecule has 86 valence electrons. The minimum atomic E-state index is 0.780. The monoisotopic (exact) mass is 245 g/mol. The maximum absolute atomic E-state index is 4.45. The van der Waals surface area contributed by atoms with Crippen LogP contribution in [0, 0.1) is 5.92 Å². The number of hydrogen-bond donors (Lipinski definition) is 0. The van der Waals surface area contributed by atoms with Gasteiger partial charge in [0.05, 0.1) is 5.39 Å². The van der Waals surface area contributed by atoms with Crippen molar-refractivity contribution in [1.82, 2.24) is 25.0 Å². The number of fused-ring (bicyclic) bond motifs is 5. The molecule has 17 heavy (non-hydrogen) atoms. The van der Waals surface area contributed by atoms with Gasteiger partial charge in [0.15, 0.2) is 5.65 Å². The summed E-state index contributed by atoms with van der Waals surface area (Å²) in [5, 5.41) is 12.9. The van der Waals surface area contributed by atoms with E-state index in [1.807, 2.05) is 0 Å². The van der Waals surface area contributed by atoms with E-state index >= 15 is 0 Å². The fourth-order valence-corrected chi connectivity index (χ4v) is 3.95. The second-order valence-electron chi connectivity index (χ2n) is 4.72. The van der Waals surface area contributed by atoms with E-state index in [1.165, 1.54) is 28.7 Å². The molecule has 0 radical (unpaired) electrons. The molecule has 3 aromatic rings. The minimum Gasteiger partial charge on any atom is -0.225 e. The molecule has 4 rings (SSSR count). The zero-order chi connectivity index (χ0) is 11.4. The molecule has 0 saturated heterocycles. The molecule has 5 nitrogen and oxygen atoms in total. The Morgan fingerprint density at radius 3 is 3.35 bits per heavy atom. The Morgan fingerprint density at radius 2 is 2.41 bits per heavy atom. The average Bonchev–Trinajstić information content (AvgIpc) is 2.89. The molecule has 0 saturated carbocycles. The first-order valence-electron chi connectivity index (χ1n) is 5.80. The summed E-state index contributed by atoms with van der Waals surface area (Å²) in [5.74, 6) is 0.780. The zero-order valence-corrected chi connectivity index (χ0v) is 10.2. The Kier molecular flexibility index (Phi) is 1.80. The van der Waals surface area contributed by atoms with Gasteiger partial charge in [0.2, 0.25) is 0 Å². The summed E-state index contributed by atoms with van der Waals surface area (Å²) < 4.78 is 1.66. The number of hydrogen-bond acceptors (Lipinski definition) is 5. The van der Waals surface area contributed by atoms with Crippen LogP contribution in [-0.4, -0.2) is 25.0 Å². The Balaban J connectivity index is 2.12. The van der Waals surface area contributed by atoms with E-state index in [1.54, 1.807) is 22.2 Å². The highest BCUT2D eigenvalue weighted by Gasteiger charge is 2.23. The summed E-state index contributed by atoms with van der Waals surface area (Å²) in [6.07, 6.45) is 5.25. The average molecular weight is 245 g/mol. The second kappa shape index (κ2) is 3.22. The predicted molar refractivity (Wildman–Crippen MR) is 65.1 cm³/mol. The third-order valence-electron chi connectivity index (χ3n) is 3.49. The van der Waals surface area contributed by atoms with Crippen molar-refractivity contribution in [3.8, 4) is 0 Å². The van der Waals surface area contributed by atoms with E-state index in [0.717, 1.165) is 22.8 Å². The van der Waals surface area contributed by atoms with Crippen LogP contribution in [0.2, 0.25) is 0 Å². The molecule has 3 heterocycles. The van der Waals surface area contributed by atoms with Crippen LogP contribution in [0.5, 0.6) is 0 Å². The molecular formula is C11H11N5S. The maximum Gasteiger partial charge on any atom is 0.191 e. The van der Waals surface area contributed by atoms with Crippen molar-refractivity contribution in [2.45, 2.75) is 26.2 Å². The van der Waals surface area contributed by atoms with E-state index in [2.05, 4.69) is 27.4 Å². The van der Waals surface area contributed by atoms with Crippen LogP contribution in [0.15, 0.2) is 6.33 Å². The molecule has 1 atom stereocenters. The van der Waals surface area contributed by atoms with Crippen molar-refractivity contribution < 1.29 is 0 Å². The van der Waals surface area contributed by atoms with Gasteiger partial charge < -0.3 is 0 Å². The fourth-order valence-electron chi connectivity index (χ4n) is 2.60. The highest BCUT2D eigenvalue weighted by molar-refractivity contribution is 7.19. The Labute approximate surface area is 101 Å². The molecule has 0 spiro atoms. The maximum atomic E-state index is 4.45. The highest BCUT2D eigenvalue weighted by atomic mass is 32.1. The lowest BCUT2D eigenvalue weighted by molar-refractivity contribution is 0.509. The van der Waals surface area contributed by atoms with Gasteiger partial charge in [0.1, 0.15) is 11.2 Å². The van der Waals surface area contributed by atoms with E-state index in [-0.39, 0.29) is 0 Å². The summed E-state index contributed by atoms with van der Waals surface area (Å²) in [6.45, 7) is 2.31. The quantitative estimate of drug-likeness (QED) is 0.606. The highest BCUT2D eigenvalue weighted by Crippen LogP contribution is 2.38. The number of nitrogens with zero attached hydrogens (tertiary/aromatic N) is 5. The largest absolute Gasteiger partial charge is 0.225 e. The lowest BCUT2D eigenvalue weighted by Crippen LogP contribution is -2.08. The lowest BCUT2D eigenvalue weighted by atomic mass is 9.89. The van der Waals surface area contributed by atoms with Gasteiger partial charge in [-0.3, -0.25) is 0 Å². The van der Waals surface area contributed by atoms with Crippen LogP contribution in [0.4, 0.5) is 0 Å². The summed E-state index contributed by atoms with van der Waals surface area (Å²) in [4.78, 5) is 7.00. The van der Waals surface area contributed by atoms with Crippen LogP contribution in [0.25, 0.3) is 15.9 Å². The van der Waals surface area contributed by atoms with Gasteiger partial charge in [-0.05, 0) is 41.2 Å². The second-order valence-corrected chi connectivity index (χ2v) is 5.81. The van der Waals surface area contributed by atoms with Crippen molar-refractivity contribution in [2.75, 3.05) is 0 Å². The van der Waals surface area contributed by atoms with Gasteiger partial charge in [-0.1, -0.05) is 6.92 Å². The fraction of sp³-hybridized carbons (Fsp3) is 0.455. The standard InChI is InChI=1S/C11H11N5S/c1-6-2-3-7-8(4-6)17-11-9(7)10-13-14-15-16(10)5-12-11/h5-6H,2-4H2,1H3/t6-/m1/s1. The molecule has 1 aliphatic rings. The van der Waals surface area contributed by atoms with Crippen molar-refractivity contribution in [3.05, 3.63) is 16.8 Å². The number of aromatic nitrogens is 5. The van der Waals surface area contributed by atoms with Gasteiger partial charge in [-0.2, -0.15) is 4.52 Å². The Bertz CT molecular complexity index is 713. The summed E-state index contributed by atoms with van der Waals surface area (Å²) in [5.41, 5.74) is 2.28. The summed E-state index contributed by atoms with van der Waals surface area (Å²) in [7, 11) is 0. The van der Waals surface area contributed by atoms with Gasteiger partial charge in [0.25, 0.3) is 0 Å². The topological polar surface area (TPSA) is 56.0 Å². The number of rotatable bonds is 0. The Hall–Kier alpha value is -1.56. The van der Waals surface area contributed by atoms with Gasteiger partial charge in [-0.25, -0.2) is 4.98 Å². The van der Waals surface area contributed by atoms with Crippen molar-refractivity contribution in [1.29, 1.82) is 0 Å². The van der Waals surface area contributed by atoms with Crippen LogP contribution < -0.4 is 0 Å². The van der Waals surface area contributed by atoms with E-state index in [4.69, 9.17) is 0 Å². The van der Waals surface area contributed by atoms with Crippen LogP contribution >= 0.6 is 11.3 Å². The first-order valence-corrected chi connectivity index (χ1v) is 6.61. The minimum absolute atomic E-state index is 0.780. The molecule has 0 aromatic carbocycles. The third kappa shape index (κ3) is 1.24. The molecule has 0 N–H and O–H groups in total. The normalized spacial score (nSPS) is 19.9. The SMILES string of the molecule is C[C@@H]1CCc2c(sc3ncn4nnnc4c23)C1. The Morgan fingerprint density at radius 1 is 1.47 bits per heavy atom. The molecule has 0 bridgehead atoms. The van der Waals surface area contributed by atoms with E-state index in [0.29, 0.717) is 0 Å². The number of thiophene rings is 1. The smallest absolute Gasteiger partial charge is 0.191 e. The lowest BCUT2D eigenvalue weighted by Gasteiger charge is -2.17. The van der Waals surface area contributed by atoms with Crippen LogP contribution in [0.1, 0.15) is 23.8 Å².